The molecule has 0 aromatic carbocycles. The first kappa shape index (κ1) is 15.1. The molecule has 2 heterocycles. The van der Waals surface area contributed by atoms with E-state index in [1.54, 1.807) is 18.1 Å². The topological polar surface area (TPSA) is 62.3 Å². The molecule has 2 amide bonds. The molecule has 1 aliphatic carbocycles. The summed E-state index contributed by atoms with van der Waals surface area (Å²) in [5.74, 6) is -0.134. The summed E-state index contributed by atoms with van der Waals surface area (Å²) in [7, 11) is 1.73. The summed E-state index contributed by atoms with van der Waals surface area (Å²) in [4.78, 5) is 30.5. The van der Waals surface area contributed by atoms with Crippen LogP contribution in [0.3, 0.4) is 0 Å². The fourth-order valence-corrected chi connectivity index (χ4v) is 3.94. The molecule has 0 spiro atoms. The van der Waals surface area contributed by atoms with Gasteiger partial charge >= 0.3 is 0 Å². The van der Waals surface area contributed by atoms with Gasteiger partial charge < -0.3 is 10.2 Å². The van der Waals surface area contributed by atoms with Gasteiger partial charge in [-0.25, -0.2) is 4.98 Å². The predicted molar refractivity (Wildman–Crippen MR) is 86.6 cm³/mol. The maximum Gasteiger partial charge on any atom is 0.240 e. The van der Waals surface area contributed by atoms with Gasteiger partial charge in [0.15, 0.2) is 0 Å². The third-order valence-electron chi connectivity index (χ3n) is 3.93. The molecule has 1 aromatic heterocycles. The number of allylic oxidation sites excluding steroid dienone is 2. The molecule has 6 heteroatoms. The van der Waals surface area contributed by atoms with E-state index in [1.807, 2.05) is 12.1 Å². The average Bonchev–Trinajstić information content (AvgIpc) is 2.53. The Kier molecular flexibility index (Phi) is 4.47. The Morgan fingerprint density at radius 3 is 3.14 bits per heavy atom. The van der Waals surface area contributed by atoms with Gasteiger partial charge in [-0.1, -0.05) is 17.8 Å². The van der Waals surface area contributed by atoms with Gasteiger partial charge in [0.25, 0.3) is 0 Å². The molecular formula is C16H19N3O2S. The Balaban J connectivity index is 1.66. The van der Waals surface area contributed by atoms with Crippen LogP contribution in [-0.4, -0.2) is 29.1 Å². The van der Waals surface area contributed by atoms with Crippen molar-refractivity contribution >= 4 is 29.3 Å². The fraction of sp³-hybridized carbons (Fsp3) is 0.438. The van der Waals surface area contributed by atoms with E-state index in [0.717, 1.165) is 35.7 Å². The molecular weight excluding hydrogens is 298 g/mol. The number of fused-ring (bicyclic) bond motifs is 1. The first-order chi connectivity index (χ1) is 10.6. The van der Waals surface area contributed by atoms with Crippen LogP contribution in [0.15, 0.2) is 35.1 Å². The highest BCUT2D eigenvalue weighted by Gasteiger charge is 2.33. The molecule has 1 aliphatic heterocycles. The summed E-state index contributed by atoms with van der Waals surface area (Å²) in [5.41, 5.74) is 1.81. The lowest BCUT2D eigenvalue weighted by molar-refractivity contribution is -0.124. The van der Waals surface area contributed by atoms with E-state index < -0.39 is 5.25 Å². The van der Waals surface area contributed by atoms with Crippen molar-refractivity contribution in [2.45, 2.75) is 42.4 Å². The van der Waals surface area contributed by atoms with Gasteiger partial charge in [0.1, 0.15) is 5.03 Å². The largest absolute Gasteiger partial charge is 0.330 e. The van der Waals surface area contributed by atoms with Gasteiger partial charge in [0.2, 0.25) is 11.8 Å². The highest BCUT2D eigenvalue weighted by atomic mass is 32.2. The zero-order chi connectivity index (χ0) is 15.5. The Labute approximate surface area is 134 Å². The van der Waals surface area contributed by atoms with Crippen LogP contribution in [0, 0.1) is 0 Å². The molecule has 1 N–H and O–H groups in total. The molecule has 1 aromatic rings. The van der Waals surface area contributed by atoms with Gasteiger partial charge in [-0.15, -0.1) is 0 Å². The Morgan fingerprint density at radius 2 is 2.36 bits per heavy atom. The van der Waals surface area contributed by atoms with Crippen LogP contribution in [0.5, 0.6) is 0 Å². The summed E-state index contributed by atoms with van der Waals surface area (Å²) in [6.45, 7) is 0. The van der Waals surface area contributed by atoms with Crippen molar-refractivity contribution in [3.63, 3.8) is 0 Å². The third-order valence-corrected chi connectivity index (χ3v) is 5.12. The average molecular weight is 317 g/mol. The highest BCUT2D eigenvalue weighted by Crippen LogP contribution is 2.37. The van der Waals surface area contributed by atoms with Gasteiger partial charge in [0, 0.05) is 25.4 Å². The standard InChI is InChI=1S/C16H19N3O2S/c1-19-12-8-5-9-17-15(12)22-13(16(19)21)10-14(20)18-11-6-3-2-4-7-11/h5-6,8-9,13H,2-4,7,10H2,1H3,(H,18,20). The number of rotatable bonds is 3. The molecule has 116 valence electrons. The Hall–Kier alpha value is -1.82. The molecule has 5 nitrogen and oxygen atoms in total. The van der Waals surface area contributed by atoms with Crippen LogP contribution >= 0.6 is 11.8 Å². The number of amides is 2. The van der Waals surface area contributed by atoms with Gasteiger partial charge in [-0.3, -0.25) is 9.59 Å². The molecule has 0 fully saturated rings. The maximum absolute atomic E-state index is 12.4. The first-order valence-corrected chi connectivity index (χ1v) is 8.41. The van der Waals surface area contributed by atoms with Crippen LogP contribution in [0.25, 0.3) is 0 Å². The molecule has 1 atom stereocenters. The van der Waals surface area contributed by atoms with Crippen LogP contribution < -0.4 is 10.2 Å². The van der Waals surface area contributed by atoms with Crippen LogP contribution in [-0.2, 0) is 9.59 Å². The molecule has 0 saturated carbocycles. The van der Waals surface area contributed by atoms with Crippen molar-refractivity contribution < 1.29 is 9.59 Å². The Bertz CT molecular complexity index is 630. The second-order valence-corrected chi connectivity index (χ2v) is 6.75. The van der Waals surface area contributed by atoms with Crippen molar-refractivity contribution in [2.75, 3.05) is 11.9 Å². The molecule has 2 aliphatic rings. The number of thioether (sulfide) groups is 1. The van der Waals surface area contributed by atoms with Crippen molar-refractivity contribution in [1.82, 2.24) is 10.3 Å². The summed E-state index contributed by atoms with van der Waals surface area (Å²) < 4.78 is 0. The molecule has 0 saturated heterocycles. The summed E-state index contributed by atoms with van der Waals surface area (Å²) in [6, 6.07) is 3.68. The normalized spacial score (nSPS) is 21.1. The summed E-state index contributed by atoms with van der Waals surface area (Å²) in [6.07, 6.45) is 8.21. The van der Waals surface area contributed by atoms with Gasteiger partial charge in [-0.2, -0.15) is 0 Å². The molecule has 0 bridgehead atoms. The SMILES string of the molecule is CN1C(=O)C(CC(=O)NC2=CCCCC2)Sc2ncccc21. The zero-order valence-electron chi connectivity index (χ0n) is 12.5. The zero-order valence-corrected chi connectivity index (χ0v) is 13.4. The number of carbonyl (C=O) groups is 2. The number of nitrogens with one attached hydrogen (secondary N) is 1. The minimum Gasteiger partial charge on any atom is -0.330 e. The van der Waals surface area contributed by atoms with Crippen molar-refractivity contribution in [1.29, 1.82) is 0 Å². The van der Waals surface area contributed by atoms with Crippen LogP contribution in [0.2, 0.25) is 0 Å². The Morgan fingerprint density at radius 1 is 1.50 bits per heavy atom. The number of nitrogens with zero attached hydrogens (tertiary/aromatic N) is 2. The van der Waals surface area contributed by atoms with Gasteiger partial charge in [-0.05, 0) is 37.8 Å². The van der Waals surface area contributed by atoms with Crippen molar-refractivity contribution in [3.05, 3.63) is 30.1 Å². The molecule has 0 radical (unpaired) electrons. The number of hydrogen-bond donors (Lipinski definition) is 1. The van der Waals surface area contributed by atoms with Crippen LogP contribution in [0.1, 0.15) is 32.1 Å². The summed E-state index contributed by atoms with van der Waals surface area (Å²) >= 11 is 1.38. The van der Waals surface area contributed by atoms with E-state index in [9.17, 15) is 9.59 Å². The van der Waals surface area contributed by atoms with E-state index in [1.165, 1.54) is 18.2 Å². The monoisotopic (exact) mass is 317 g/mol. The number of hydrogen-bond acceptors (Lipinski definition) is 4. The predicted octanol–water partition coefficient (Wildman–Crippen LogP) is 2.48. The lowest BCUT2D eigenvalue weighted by Gasteiger charge is -2.29. The number of carbonyl (C=O) groups excluding carboxylic acids is 2. The van der Waals surface area contributed by atoms with E-state index in [4.69, 9.17) is 0 Å². The second-order valence-electron chi connectivity index (χ2n) is 5.56. The quantitative estimate of drug-likeness (QED) is 0.930. The number of pyridine rings is 1. The second kappa shape index (κ2) is 6.52. The lowest BCUT2D eigenvalue weighted by Crippen LogP contribution is -2.41. The lowest BCUT2D eigenvalue weighted by atomic mass is 10.0. The van der Waals surface area contributed by atoms with Gasteiger partial charge in [0.05, 0.1) is 10.9 Å². The van der Waals surface area contributed by atoms with E-state index in [2.05, 4.69) is 16.4 Å². The van der Waals surface area contributed by atoms with E-state index in [0.29, 0.717) is 0 Å². The maximum atomic E-state index is 12.4. The van der Waals surface area contributed by atoms with Crippen molar-refractivity contribution in [2.24, 2.45) is 0 Å². The summed E-state index contributed by atoms with van der Waals surface area (Å²) in [5, 5.41) is 3.34. The fourth-order valence-electron chi connectivity index (χ4n) is 2.73. The number of anilines is 1. The highest BCUT2D eigenvalue weighted by molar-refractivity contribution is 8.00. The smallest absolute Gasteiger partial charge is 0.240 e. The molecule has 1 unspecified atom stereocenters. The molecule has 22 heavy (non-hydrogen) atoms. The minimum atomic E-state index is -0.406. The van der Waals surface area contributed by atoms with E-state index >= 15 is 0 Å². The van der Waals surface area contributed by atoms with Crippen LogP contribution in [0.4, 0.5) is 5.69 Å². The van der Waals surface area contributed by atoms with Crippen molar-refractivity contribution in [3.8, 4) is 0 Å². The minimum absolute atomic E-state index is 0.0433. The van der Waals surface area contributed by atoms with E-state index in [-0.39, 0.29) is 18.2 Å². The molecule has 3 rings (SSSR count). The first-order valence-electron chi connectivity index (χ1n) is 7.53. The third kappa shape index (κ3) is 3.16. The number of aromatic nitrogens is 1.